The van der Waals surface area contributed by atoms with Gasteiger partial charge in [0.2, 0.25) is 6.39 Å². The molecule has 16 heavy (non-hydrogen) atoms. The maximum atomic E-state index is 11.2. The van der Waals surface area contributed by atoms with E-state index in [0.29, 0.717) is 5.82 Å². The number of aromatic nitrogens is 2. The van der Waals surface area contributed by atoms with Gasteiger partial charge in [-0.25, -0.2) is 0 Å². The van der Waals surface area contributed by atoms with Crippen molar-refractivity contribution < 1.29 is 8.73 Å². The first-order valence-corrected chi connectivity index (χ1v) is 6.19. The van der Waals surface area contributed by atoms with Crippen LogP contribution in [0.2, 0.25) is 0 Å². The predicted molar refractivity (Wildman–Crippen MR) is 62.0 cm³/mol. The second-order valence-corrected chi connectivity index (χ2v) is 4.53. The van der Waals surface area contributed by atoms with Gasteiger partial charge in [-0.2, -0.15) is 4.98 Å². The molecule has 2 rings (SSSR count). The summed E-state index contributed by atoms with van der Waals surface area (Å²) in [5.41, 5.74) is 0.999. The number of hydrogen-bond acceptors (Lipinski definition) is 4. The summed E-state index contributed by atoms with van der Waals surface area (Å²) >= 11 is 0. The zero-order valence-electron chi connectivity index (χ0n) is 8.66. The van der Waals surface area contributed by atoms with Crippen LogP contribution in [0.1, 0.15) is 11.4 Å². The first-order valence-electron chi connectivity index (χ1n) is 4.63. The molecule has 0 fully saturated rings. The fraction of sp³-hybridized carbons (Fsp3) is 0.0909. The average molecular weight is 234 g/mol. The van der Waals surface area contributed by atoms with Crippen molar-refractivity contribution in [3.05, 3.63) is 42.0 Å². The highest BCUT2D eigenvalue weighted by Crippen LogP contribution is 2.10. The van der Waals surface area contributed by atoms with Crippen LogP contribution in [-0.4, -0.2) is 20.6 Å². The minimum Gasteiger partial charge on any atom is -0.342 e. The van der Waals surface area contributed by atoms with E-state index < -0.39 is 10.8 Å². The molecule has 0 saturated heterocycles. The van der Waals surface area contributed by atoms with E-state index in [1.54, 1.807) is 12.3 Å². The quantitative estimate of drug-likeness (QED) is 0.814. The molecule has 0 aliphatic carbocycles. The molecule has 0 saturated carbocycles. The van der Waals surface area contributed by atoms with Gasteiger partial charge in [0.05, 0.1) is 0 Å². The fourth-order valence-corrected chi connectivity index (χ4v) is 1.71. The first kappa shape index (κ1) is 10.8. The Bertz CT molecular complexity index is 503. The largest absolute Gasteiger partial charge is 0.342 e. The van der Waals surface area contributed by atoms with Crippen LogP contribution in [0.4, 0.5) is 0 Å². The molecule has 2 aromatic rings. The molecule has 0 spiro atoms. The highest BCUT2D eigenvalue weighted by atomic mass is 32.2. The maximum absolute atomic E-state index is 11.2. The van der Waals surface area contributed by atoms with Crippen molar-refractivity contribution >= 4 is 23.0 Å². The second-order valence-electron chi connectivity index (χ2n) is 3.15. The number of benzene rings is 1. The summed E-state index contributed by atoms with van der Waals surface area (Å²) in [5, 5.41) is 3.66. The lowest BCUT2D eigenvalue weighted by molar-refractivity contribution is 0.415. The third kappa shape index (κ3) is 2.64. The van der Waals surface area contributed by atoms with Gasteiger partial charge < -0.3 is 4.52 Å². The Kier molecular flexibility index (Phi) is 3.26. The Morgan fingerprint density at radius 1 is 1.25 bits per heavy atom. The van der Waals surface area contributed by atoms with Crippen molar-refractivity contribution in [1.29, 1.82) is 0 Å². The van der Waals surface area contributed by atoms with E-state index in [-0.39, 0.29) is 0 Å². The third-order valence-electron chi connectivity index (χ3n) is 2.02. The molecule has 82 valence electrons. The van der Waals surface area contributed by atoms with Crippen molar-refractivity contribution in [1.82, 2.24) is 10.1 Å². The van der Waals surface area contributed by atoms with Gasteiger partial charge in [-0.15, -0.1) is 0 Å². The smallest absolute Gasteiger partial charge is 0.214 e. The van der Waals surface area contributed by atoms with Crippen LogP contribution >= 0.6 is 0 Å². The van der Waals surface area contributed by atoms with Gasteiger partial charge in [-0.05, 0) is 23.8 Å². The van der Waals surface area contributed by atoms with Gasteiger partial charge in [0.25, 0.3) is 0 Å². The average Bonchev–Trinajstić information content (AvgIpc) is 2.80. The van der Waals surface area contributed by atoms with Crippen molar-refractivity contribution in [2.45, 2.75) is 4.90 Å². The number of nitrogens with zero attached hydrogens (tertiary/aromatic N) is 2. The Hall–Kier alpha value is -1.75. The maximum Gasteiger partial charge on any atom is 0.214 e. The SMILES string of the molecule is C[S@](=O)c1ccc(/C=C/c2ncon2)cc1. The Morgan fingerprint density at radius 3 is 2.56 bits per heavy atom. The zero-order valence-corrected chi connectivity index (χ0v) is 9.48. The highest BCUT2D eigenvalue weighted by molar-refractivity contribution is 7.84. The van der Waals surface area contributed by atoms with E-state index in [1.165, 1.54) is 6.39 Å². The molecular formula is C11H10N2O2S. The Morgan fingerprint density at radius 2 is 2.00 bits per heavy atom. The lowest BCUT2D eigenvalue weighted by atomic mass is 10.2. The summed E-state index contributed by atoms with van der Waals surface area (Å²) in [4.78, 5) is 4.68. The van der Waals surface area contributed by atoms with Crippen molar-refractivity contribution in [2.75, 3.05) is 6.26 Å². The van der Waals surface area contributed by atoms with E-state index in [0.717, 1.165) is 10.5 Å². The molecule has 5 heteroatoms. The highest BCUT2D eigenvalue weighted by Gasteiger charge is 1.96. The van der Waals surface area contributed by atoms with Gasteiger partial charge in [0.1, 0.15) is 0 Å². The Labute approximate surface area is 95.5 Å². The Balaban J connectivity index is 2.14. The van der Waals surface area contributed by atoms with Gasteiger partial charge in [0.15, 0.2) is 5.82 Å². The molecular weight excluding hydrogens is 224 g/mol. The molecule has 4 nitrogen and oxygen atoms in total. The molecule has 1 atom stereocenters. The van der Waals surface area contributed by atoms with Crippen LogP contribution in [0, 0.1) is 0 Å². The zero-order chi connectivity index (χ0) is 11.4. The molecule has 1 aromatic carbocycles. The van der Waals surface area contributed by atoms with Crippen LogP contribution in [0.15, 0.2) is 40.1 Å². The molecule has 0 N–H and O–H groups in total. The molecule has 0 radical (unpaired) electrons. The van der Waals surface area contributed by atoms with Gasteiger partial charge in [0, 0.05) is 22.0 Å². The van der Waals surface area contributed by atoms with Gasteiger partial charge in [-0.1, -0.05) is 23.4 Å². The summed E-state index contributed by atoms with van der Waals surface area (Å²) in [5.74, 6) is 0.531. The standard InChI is InChI=1S/C11H10N2O2S/c1-16(14)10-5-2-9(3-6-10)4-7-11-12-8-15-13-11/h2-8H,1H3/b7-4+/t16-/m0/s1. The van der Waals surface area contributed by atoms with E-state index in [2.05, 4.69) is 14.7 Å². The molecule has 0 aliphatic heterocycles. The molecule has 0 aliphatic rings. The van der Waals surface area contributed by atoms with Crippen LogP contribution in [0.5, 0.6) is 0 Å². The van der Waals surface area contributed by atoms with Crippen LogP contribution in [0.3, 0.4) is 0 Å². The summed E-state index contributed by atoms with van der Waals surface area (Å²) in [6.07, 6.45) is 6.56. The van der Waals surface area contributed by atoms with Crippen LogP contribution in [-0.2, 0) is 10.8 Å². The first-order chi connectivity index (χ1) is 7.75. The summed E-state index contributed by atoms with van der Waals surface area (Å²) in [7, 11) is -0.934. The molecule has 0 bridgehead atoms. The predicted octanol–water partition coefficient (Wildman–Crippen LogP) is 1.98. The summed E-state index contributed by atoms with van der Waals surface area (Å²) in [6, 6.07) is 7.47. The number of hydrogen-bond donors (Lipinski definition) is 0. The van der Waals surface area contributed by atoms with E-state index in [1.807, 2.05) is 30.3 Å². The van der Waals surface area contributed by atoms with Gasteiger partial charge in [-0.3, -0.25) is 4.21 Å². The minimum atomic E-state index is -0.934. The lowest BCUT2D eigenvalue weighted by Gasteiger charge is -1.96. The van der Waals surface area contributed by atoms with E-state index in [9.17, 15) is 4.21 Å². The number of rotatable bonds is 3. The van der Waals surface area contributed by atoms with E-state index in [4.69, 9.17) is 0 Å². The van der Waals surface area contributed by atoms with Gasteiger partial charge >= 0.3 is 0 Å². The third-order valence-corrected chi connectivity index (χ3v) is 2.95. The lowest BCUT2D eigenvalue weighted by Crippen LogP contribution is -1.86. The topological polar surface area (TPSA) is 56.0 Å². The minimum absolute atomic E-state index is 0.531. The fourth-order valence-electron chi connectivity index (χ4n) is 1.19. The van der Waals surface area contributed by atoms with E-state index >= 15 is 0 Å². The molecule has 1 aromatic heterocycles. The normalized spacial score (nSPS) is 13.1. The molecule has 0 amide bonds. The second kappa shape index (κ2) is 4.85. The van der Waals surface area contributed by atoms with Crippen LogP contribution < -0.4 is 0 Å². The monoisotopic (exact) mass is 234 g/mol. The van der Waals surface area contributed by atoms with Crippen molar-refractivity contribution in [2.24, 2.45) is 0 Å². The summed E-state index contributed by atoms with van der Waals surface area (Å²) in [6.45, 7) is 0. The molecule has 0 unspecified atom stereocenters. The van der Waals surface area contributed by atoms with Crippen LogP contribution in [0.25, 0.3) is 12.2 Å². The van der Waals surface area contributed by atoms with Crippen molar-refractivity contribution in [3.8, 4) is 0 Å². The summed E-state index contributed by atoms with van der Waals surface area (Å²) < 4.78 is 15.8. The molecule has 1 heterocycles. The van der Waals surface area contributed by atoms with Crippen molar-refractivity contribution in [3.63, 3.8) is 0 Å².